The quantitative estimate of drug-likeness (QED) is 0.800. The first-order valence-corrected chi connectivity index (χ1v) is 8.71. The number of carbonyl (C=O) groups is 2. The second-order valence-electron chi connectivity index (χ2n) is 6.64. The molecule has 1 N–H and O–H groups in total. The molecule has 0 spiro atoms. The van der Waals surface area contributed by atoms with Crippen molar-refractivity contribution in [3.63, 3.8) is 0 Å². The highest BCUT2D eigenvalue weighted by Crippen LogP contribution is 2.35. The monoisotopic (exact) mass is 359 g/mol. The van der Waals surface area contributed by atoms with Crippen LogP contribution in [0.25, 0.3) is 0 Å². The standard InChI is InChI=1S/C19H22FN3O3/c1-4-5-10-19(14-6-8-15(20)9-7-14)17(24)23(18(25)21-19)11-16-12(2)22-26-13(16)3/h6-9H,4-5,10-11H2,1-3H3,(H,21,25). The molecule has 0 bridgehead atoms. The zero-order valence-corrected chi connectivity index (χ0v) is 15.1. The lowest BCUT2D eigenvalue weighted by atomic mass is 9.84. The summed E-state index contributed by atoms with van der Waals surface area (Å²) in [6, 6.07) is 5.26. The molecule has 1 aromatic carbocycles. The summed E-state index contributed by atoms with van der Waals surface area (Å²) in [5, 5.41) is 6.73. The van der Waals surface area contributed by atoms with E-state index in [1.807, 2.05) is 6.92 Å². The lowest BCUT2D eigenvalue weighted by molar-refractivity contribution is -0.132. The Morgan fingerprint density at radius 3 is 2.50 bits per heavy atom. The number of hydrogen-bond donors (Lipinski definition) is 1. The van der Waals surface area contributed by atoms with Gasteiger partial charge in [0, 0.05) is 5.56 Å². The Bertz CT molecular complexity index is 812. The SMILES string of the molecule is CCCCC1(c2ccc(F)cc2)NC(=O)N(Cc2c(C)noc2C)C1=O. The number of benzene rings is 1. The van der Waals surface area contributed by atoms with Crippen LogP contribution in [-0.4, -0.2) is 22.0 Å². The van der Waals surface area contributed by atoms with E-state index in [-0.39, 0.29) is 18.3 Å². The number of nitrogens with zero attached hydrogens (tertiary/aromatic N) is 2. The summed E-state index contributed by atoms with van der Waals surface area (Å²) in [6.45, 7) is 5.63. The summed E-state index contributed by atoms with van der Waals surface area (Å²) < 4.78 is 18.5. The van der Waals surface area contributed by atoms with E-state index in [4.69, 9.17) is 4.52 Å². The van der Waals surface area contributed by atoms with Crippen LogP contribution in [0.4, 0.5) is 9.18 Å². The van der Waals surface area contributed by atoms with Gasteiger partial charge in [0.05, 0.1) is 12.2 Å². The van der Waals surface area contributed by atoms with Gasteiger partial charge in [0.2, 0.25) is 0 Å². The summed E-state index contributed by atoms with van der Waals surface area (Å²) in [4.78, 5) is 27.1. The van der Waals surface area contributed by atoms with Gasteiger partial charge in [0.1, 0.15) is 17.1 Å². The van der Waals surface area contributed by atoms with Crippen LogP contribution in [0.3, 0.4) is 0 Å². The van der Waals surface area contributed by atoms with Crippen LogP contribution < -0.4 is 5.32 Å². The third kappa shape index (κ3) is 2.98. The molecule has 3 rings (SSSR count). The highest BCUT2D eigenvalue weighted by molar-refractivity contribution is 6.07. The molecule has 0 aliphatic carbocycles. The van der Waals surface area contributed by atoms with Crippen molar-refractivity contribution in [1.29, 1.82) is 0 Å². The van der Waals surface area contributed by atoms with Crippen molar-refractivity contribution < 1.29 is 18.5 Å². The third-order valence-electron chi connectivity index (χ3n) is 4.92. The van der Waals surface area contributed by atoms with Gasteiger partial charge in [-0.25, -0.2) is 9.18 Å². The molecule has 138 valence electrons. The molecule has 1 atom stereocenters. The lowest BCUT2D eigenvalue weighted by Gasteiger charge is -2.27. The number of imide groups is 1. The molecule has 1 aromatic heterocycles. The van der Waals surface area contributed by atoms with Crippen molar-refractivity contribution in [2.45, 2.75) is 52.1 Å². The minimum Gasteiger partial charge on any atom is -0.361 e. The molecule has 3 amide bonds. The molecule has 0 radical (unpaired) electrons. The maximum atomic E-state index is 13.3. The molecule has 6 nitrogen and oxygen atoms in total. The first-order chi connectivity index (χ1) is 12.4. The molecule has 2 heterocycles. The zero-order valence-electron chi connectivity index (χ0n) is 15.1. The van der Waals surface area contributed by atoms with Crippen molar-refractivity contribution in [3.8, 4) is 0 Å². The van der Waals surface area contributed by atoms with Crippen LogP contribution in [0.2, 0.25) is 0 Å². The number of unbranched alkanes of at least 4 members (excludes halogenated alkanes) is 1. The minimum atomic E-state index is -1.17. The summed E-state index contributed by atoms with van der Waals surface area (Å²) >= 11 is 0. The Morgan fingerprint density at radius 1 is 1.23 bits per heavy atom. The van der Waals surface area contributed by atoms with Crippen LogP contribution in [0.15, 0.2) is 28.8 Å². The molecular weight excluding hydrogens is 337 g/mol. The van der Waals surface area contributed by atoms with Gasteiger partial charge in [-0.3, -0.25) is 9.69 Å². The van der Waals surface area contributed by atoms with Crippen LogP contribution in [0.5, 0.6) is 0 Å². The molecule has 1 fully saturated rings. The smallest absolute Gasteiger partial charge is 0.325 e. The lowest BCUT2D eigenvalue weighted by Crippen LogP contribution is -2.44. The number of nitrogens with one attached hydrogen (secondary N) is 1. The number of urea groups is 1. The molecular formula is C19H22FN3O3. The predicted octanol–water partition coefficient (Wildman–Crippen LogP) is 3.57. The van der Waals surface area contributed by atoms with Gasteiger partial charge >= 0.3 is 6.03 Å². The highest BCUT2D eigenvalue weighted by Gasteiger charge is 2.52. The third-order valence-corrected chi connectivity index (χ3v) is 4.92. The Morgan fingerprint density at radius 2 is 1.92 bits per heavy atom. The van der Waals surface area contributed by atoms with E-state index in [0.717, 1.165) is 18.4 Å². The number of rotatable bonds is 6. The Kier molecular flexibility index (Phi) is 4.80. The second kappa shape index (κ2) is 6.90. The van der Waals surface area contributed by atoms with Gasteiger partial charge in [-0.1, -0.05) is 37.1 Å². The first-order valence-electron chi connectivity index (χ1n) is 8.71. The number of carbonyl (C=O) groups excluding carboxylic acids is 2. The molecule has 0 saturated carbocycles. The van der Waals surface area contributed by atoms with E-state index in [0.29, 0.717) is 23.4 Å². The fraction of sp³-hybridized carbons (Fsp3) is 0.421. The van der Waals surface area contributed by atoms with Gasteiger partial charge < -0.3 is 9.84 Å². The average Bonchev–Trinajstić information content (AvgIpc) is 3.06. The number of aromatic nitrogens is 1. The van der Waals surface area contributed by atoms with Gasteiger partial charge in [-0.2, -0.15) is 0 Å². The Hall–Kier alpha value is -2.70. The van der Waals surface area contributed by atoms with Crippen LogP contribution >= 0.6 is 0 Å². The maximum absolute atomic E-state index is 13.3. The Balaban J connectivity index is 1.97. The summed E-state index contributed by atoms with van der Waals surface area (Å²) in [5.74, 6) is -0.137. The normalized spacial score (nSPS) is 19.9. The van der Waals surface area contributed by atoms with E-state index in [1.165, 1.54) is 17.0 Å². The second-order valence-corrected chi connectivity index (χ2v) is 6.64. The number of halogens is 1. The number of aryl methyl sites for hydroxylation is 2. The zero-order chi connectivity index (χ0) is 18.9. The molecule has 1 saturated heterocycles. The van der Waals surface area contributed by atoms with Crippen molar-refractivity contribution in [3.05, 3.63) is 52.7 Å². The van der Waals surface area contributed by atoms with Gasteiger partial charge in [-0.15, -0.1) is 0 Å². The summed E-state index contributed by atoms with van der Waals surface area (Å²) in [6.07, 6.45) is 2.08. The fourth-order valence-electron chi connectivity index (χ4n) is 3.34. The number of amides is 3. The molecule has 1 unspecified atom stereocenters. The van der Waals surface area contributed by atoms with Crippen molar-refractivity contribution in [1.82, 2.24) is 15.4 Å². The van der Waals surface area contributed by atoms with Gasteiger partial charge in [-0.05, 0) is 38.0 Å². The molecule has 7 heteroatoms. The number of hydrogen-bond acceptors (Lipinski definition) is 4. The fourth-order valence-corrected chi connectivity index (χ4v) is 3.34. The largest absolute Gasteiger partial charge is 0.361 e. The van der Waals surface area contributed by atoms with E-state index in [2.05, 4.69) is 10.5 Å². The van der Waals surface area contributed by atoms with Crippen molar-refractivity contribution >= 4 is 11.9 Å². The van der Waals surface area contributed by atoms with Crippen LogP contribution in [-0.2, 0) is 16.9 Å². The van der Waals surface area contributed by atoms with Crippen molar-refractivity contribution in [2.75, 3.05) is 0 Å². The summed E-state index contributed by atoms with van der Waals surface area (Å²) in [7, 11) is 0. The van der Waals surface area contributed by atoms with E-state index < -0.39 is 11.6 Å². The van der Waals surface area contributed by atoms with Crippen LogP contribution in [0, 0.1) is 19.7 Å². The first kappa shape index (κ1) is 18.1. The van der Waals surface area contributed by atoms with E-state index in [9.17, 15) is 14.0 Å². The predicted molar refractivity (Wildman–Crippen MR) is 92.7 cm³/mol. The summed E-state index contributed by atoms with van der Waals surface area (Å²) in [5.41, 5.74) is 0.793. The van der Waals surface area contributed by atoms with Gasteiger partial charge in [0.15, 0.2) is 0 Å². The molecule has 1 aliphatic rings. The minimum absolute atomic E-state index is 0.0981. The van der Waals surface area contributed by atoms with E-state index >= 15 is 0 Å². The molecule has 26 heavy (non-hydrogen) atoms. The van der Waals surface area contributed by atoms with Crippen molar-refractivity contribution in [2.24, 2.45) is 0 Å². The molecule has 1 aliphatic heterocycles. The molecule has 2 aromatic rings. The average molecular weight is 359 g/mol. The van der Waals surface area contributed by atoms with Gasteiger partial charge in [0.25, 0.3) is 5.91 Å². The maximum Gasteiger partial charge on any atom is 0.325 e. The van der Waals surface area contributed by atoms with Crippen LogP contribution in [0.1, 0.15) is 48.8 Å². The highest BCUT2D eigenvalue weighted by atomic mass is 19.1. The Labute approximate surface area is 151 Å². The topological polar surface area (TPSA) is 75.4 Å². The van der Waals surface area contributed by atoms with E-state index in [1.54, 1.807) is 26.0 Å².